The van der Waals surface area contributed by atoms with Crippen molar-refractivity contribution in [2.24, 2.45) is 5.92 Å². The molecule has 1 aliphatic heterocycles. The van der Waals surface area contributed by atoms with Gasteiger partial charge in [0.15, 0.2) is 5.11 Å². The van der Waals surface area contributed by atoms with Gasteiger partial charge in [0.2, 0.25) is 5.91 Å². The van der Waals surface area contributed by atoms with Crippen molar-refractivity contribution < 1.29 is 27.1 Å². The lowest BCUT2D eigenvalue weighted by atomic mass is 9.97. The van der Waals surface area contributed by atoms with Gasteiger partial charge in [-0.2, -0.15) is 0 Å². The van der Waals surface area contributed by atoms with E-state index in [0.29, 0.717) is 0 Å². The number of hydrogen-bond donors (Lipinski definition) is 4. The summed E-state index contributed by atoms with van der Waals surface area (Å²) < 4.78 is 49.8. The van der Waals surface area contributed by atoms with E-state index in [0.717, 1.165) is 0 Å². The first-order valence-corrected chi connectivity index (χ1v) is 18.1. The number of quaternary nitrogens is 1. The number of anilines is 2. The first-order chi connectivity index (χ1) is 18.4. The lowest BCUT2D eigenvalue weighted by Crippen LogP contribution is -3.08. The summed E-state index contributed by atoms with van der Waals surface area (Å²) in [6.07, 6.45) is 0.539. The van der Waals surface area contributed by atoms with Gasteiger partial charge in [0.1, 0.15) is 16.5 Å². The Labute approximate surface area is 250 Å². The van der Waals surface area contributed by atoms with Crippen molar-refractivity contribution in [2.45, 2.75) is 56.6 Å². The summed E-state index contributed by atoms with van der Waals surface area (Å²) in [5.41, 5.74) is 0.362. The van der Waals surface area contributed by atoms with Crippen molar-refractivity contribution in [2.75, 3.05) is 23.7 Å². The largest absolute Gasteiger partial charge is 0.634 e. The Bertz CT molecular complexity index is 1400. The van der Waals surface area contributed by atoms with Crippen LogP contribution in [-0.4, -0.2) is 40.8 Å². The Morgan fingerprint density at radius 2 is 1.73 bits per heavy atom. The quantitative estimate of drug-likeness (QED) is 0.189. The topological polar surface area (TPSA) is 124 Å². The van der Waals surface area contributed by atoms with Crippen molar-refractivity contribution in [3.8, 4) is 5.75 Å². The number of carbonyl (C=O) groups excluding carboxylic acids is 1. The van der Waals surface area contributed by atoms with Crippen molar-refractivity contribution >= 4 is 76.2 Å². The Balaban J connectivity index is 2.03. The van der Waals surface area contributed by atoms with Gasteiger partial charge in [-0.05, 0) is 54.6 Å². The zero-order chi connectivity index (χ0) is 30.0. The monoisotopic (exact) mass is 650 g/mol. The highest BCUT2D eigenvalue weighted by Gasteiger charge is 2.42. The molecule has 1 amide bonds. The van der Waals surface area contributed by atoms with Gasteiger partial charge in [-0.3, -0.25) is 4.79 Å². The van der Waals surface area contributed by atoms with E-state index in [1.165, 1.54) is 30.3 Å². The van der Waals surface area contributed by atoms with Gasteiger partial charge in [-0.1, -0.05) is 50.0 Å². The van der Waals surface area contributed by atoms with E-state index in [2.05, 4.69) is 15.4 Å². The number of halogens is 3. The van der Waals surface area contributed by atoms with Crippen molar-refractivity contribution in [1.29, 1.82) is 0 Å². The van der Waals surface area contributed by atoms with E-state index in [1.807, 2.05) is 33.9 Å². The summed E-state index contributed by atoms with van der Waals surface area (Å²) in [5.74, 6) is -2.08. The fourth-order valence-electron chi connectivity index (χ4n) is 3.74. The molecule has 0 bridgehead atoms. The minimum Gasteiger partial charge on any atom is -0.634 e. The molecule has 3 rings (SSSR count). The summed E-state index contributed by atoms with van der Waals surface area (Å²) >= 11 is 17.9. The molecular weight excluding hydrogens is 618 g/mol. The normalized spacial score (nSPS) is 18.1. The lowest BCUT2D eigenvalue weighted by molar-refractivity contribution is -0.854. The van der Waals surface area contributed by atoms with Crippen LogP contribution in [0.3, 0.4) is 0 Å². The summed E-state index contributed by atoms with van der Waals surface area (Å²) in [6.45, 7) is 10.2. The zero-order valence-corrected chi connectivity index (χ0v) is 26.9. The smallest absolute Gasteiger partial charge is 0.269 e. The van der Waals surface area contributed by atoms with Crippen LogP contribution in [0, 0.1) is 16.9 Å². The Hall–Kier alpha value is -2.00. The average Bonchev–Trinajstić information content (AvgIpc) is 2.83. The molecule has 1 heterocycles. The van der Waals surface area contributed by atoms with Gasteiger partial charge in [0.05, 0.1) is 34.5 Å². The van der Waals surface area contributed by atoms with Crippen LogP contribution in [0.25, 0.3) is 0 Å². The fraction of sp³-hybridized carbons (Fsp3) is 0.440. The van der Waals surface area contributed by atoms with Gasteiger partial charge in [0.25, 0.3) is 18.3 Å². The van der Waals surface area contributed by atoms with Crippen LogP contribution < -0.4 is 24.8 Å². The molecule has 0 aromatic heterocycles. The van der Waals surface area contributed by atoms with E-state index in [-0.39, 0.29) is 68.3 Å². The van der Waals surface area contributed by atoms with E-state index in [9.17, 15) is 22.8 Å². The summed E-state index contributed by atoms with van der Waals surface area (Å²) in [5, 5.41) is 16.6. The third-order valence-corrected chi connectivity index (χ3v) is 13.8. The van der Waals surface area contributed by atoms with Gasteiger partial charge < -0.3 is 25.3 Å². The Kier molecular flexibility index (Phi) is 10.1. The minimum atomic E-state index is -4.52. The van der Waals surface area contributed by atoms with E-state index in [4.69, 9.17) is 39.8 Å². The molecule has 220 valence electrons. The van der Waals surface area contributed by atoms with Crippen molar-refractivity contribution in [1.82, 2.24) is 4.72 Å². The molecule has 4 N–H and O–H groups in total. The summed E-state index contributed by atoms with van der Waals surface area (Å²) in [7, 11) is -7.20. The molecule has 2 aromatic rings. The molecule has 1 aliphatic rings. The molecule has 1 saturated heterocycles. The van der Waals surface area contributed by atoms with E-state index < -0.39 is 40.9 Å². The lowest BCUT2D eigenvalue weighted by Gasteiger charge is -2.37. The maximum atomic E-state index is 13.9. The highest BCUT2D eigenvalue weighted by atomic mass is 35.5. The van der Waals surface area contributed by atoms with Gasteiger partial charge >= 0.3 is 0 Å². The van der Waals surface area contributed by atoms with Crippen LogP contribution in [0.1, 0.15) is 33.6 Å². The number of piperidine rings is 1. The van der Waals surface area contributed by atoms with E-state index in [1.54, 1.807) is 0 Å². The van der Waals surface area contributed by atoms with Gasteiger partial charge in [-0.15, -0.1) is 0 Å². The molecule has 0 spiro atoms. The predicted octanol–water partition coefficient (Wildman–Crippen LogP) is 4.92. The third kappa shape index (κ3) is 7.63. The third-order valence-electron chi connectivity index (χ3n) is 7.09. The van der Waals surface area contributed by atoms with Crippen LogP contribution in [0.4, 0.5) is 15.8 Å². The Morgan fingerprint density at radius 1 is 1.12 bits per heavy atom. The number of thiocarbonyl (C=S) groups is 1. The van der Waals surface area contributed by atoms with Crippen LogP contribution in [0.2, 0.25) is 28.2 Å². The van der Waals surface area contributed by atoms with Crippen LogP contribution in [0.15, 0.2) is 35.2 Å². The molecule has 0 radical (unpaired) electrons. The first-order valence-electron chi connectivity index (χ1n) is 12.5. The van der Waals surface area contributed by atoms with Crippen molar-refractivity contribution in [3.05, 3.63) is 51.4 Å². The SMILES string of the molecule is CC(C)(C)[Si](C)(C)Oc1c(NC(=S)Nc2cccc(F)c2Cl)ccc(Cl)c1S(=O)(=O)NC(=O)C1CC[NH+]([O-])CC1. The number of sulfonamides is 1. The van der Waals surface area contributed by atoms with Crippen molar-refractivity contribution in [3.63, 3.8) is 0 Å². The number of nitrogens with one attached hydrogen (secondary N) is 4. The standard InChI is InChI=1S/C25H33Cl2FN4O5S2Si/c1-25(2,3)40(4,5)37-21-19(30-24(38)29-18-8-6-7-17(28)20(18)27)10-9-16(26)22(21)39(35,36)31-23(33)15-11-13-32(34)14-12-15/h6-10,15,32H,11-14H2,1-5H3,(H,31,33)(H2,29,30,38). The molecule has 0 aliphatic carbocycles. The second-order valence-electron chi connectivity index (χ2n) is 11.1. The first kappa shape index (κ1) is 32.5. The maximum Gasteiger partial charge on any atom is 0.269 e. The number of carbonyl (C=O) groups is 1. The van der Waals surface area contributed by atoms with Gasteiger partial charge in [0, 0.05) is 18.8 Å². The van der Waals surface area contributed by atoms with Crippen LogP contribution in [-0.2, 0) is 14.8 Å². The number of benzene rings is 2. The predicted molar refractivity (Wildman–Crippen MR) is 163 cm³/mol. The zero-order valence-electron chi connectivity index (χ0n) is 22.8. The van der Waals surface area contributed by atoms with Gasteiger partial charge in [-0.25, -0.2) is 17.5 Å². The fourth-order valence-corrected chi connectivity index (χ4v) is 6.95. The van der Waals surface area contributed by atoms with Crippen LogP contribution in [0.5, 0.6) is 5.75 Å². The second-order valence-corrected chi connectivity index (χ2v) is 18.6. The molecule has 9 nitrogen and oxygen atoms in total. The molecule has 15 heteroatoms. The molecular formula is C25H33Cl2FN4O5S2Si. The summed E-state index contributed by atoms with van der Waals surface area (Å²) in [4.78, 5) is 12.5. The number of rotatable bonds is 7. The molecule has 1 fully saturated rings. The Morgan fingerprint density at radius 3 is 2.33 bits per heavy atom. The molecule has 40 heavy (non-hydrogen) atoms. The number of amides is 1. The number of hydroxylamine groups is 2. The molecule has 2 aromatic carbocycles. The number of hydrogen-bond acceptors (Lipinski definition) is 6. The molecule has 0 atom stereocenters. The molecule has 0 unspecified atom stereocenters. The second kappa shape index (κ2) is 12.5. The molecule has 0 saturated carbocycles. The minimum absolute atomic E-state index is 0.0193. The maximum absolute atomic E-state index is 13.9. The highest BCUT2D eigenvalue weighted by molar-refractivity contribution is 7.90. The highest BCUT2D eigenvalue weighted by Crippen LogP contribution is 2.44. The average molecular weight is 652 g/mol. The van der Waals surface area contributed by atoms with Crippen LogP contribution >= 0.6 is 35.4 Å². The summed E-state index contributed by atoms with van der Waals surface area (Å²) in [6, 6.07) is 7.03. The van der Waals surface area contributed by atoms with E-state index >= 15 is 0 Å².